The molecule has 0 atom stereocenters. The number of aromatic nitrogens is 3. The maximum absolute atomic E-state index is 13.6. The Morgan fingerprint density at radius 3 is 2.55 bits per heavy atom. The van der Waals surface area contributed by atoms with E-state index in [1.807, 2.05) is 7.05 Å². The van der Waals surface area contributed by atoms with E-state index in [1.165, 1.54) is 37.8 Å². The molecule has 8 heteroatoms. The monoisotopic (exact) mass is 429 g/mol. The predicted molar refractivity (Wildman–Crippen MR) is 126 cm³/mol. The largest absolute Gasteiger partial charge is 0.354 e. The molecular weight excluding hydrogens is 393 g/mol. The molecule has 0 spiro atoms. The molecule has 0 radical (unpaired) electrons. The number of anilines is 4. The molecule has 3 rings (SSSR count). The zero-order valence-corrected chi connectivity index (χ0v) is 19.1. The van der Waals surface area contributed by atoms with E-state index in [9.17, 15) is 4.39 Å². The maximum Gasteiger partial charge on any atom is 0.233 e. The molecule has 2 aromatic rings. The van der Waals surface area contributed by atoms with Gasteiger partial charge in [-0.15, -0.1) is 0 Å². The highest BCUT2D eigenvalue weighted by molar-refractivity contribution is 5.56. The van der Waals surface area contributed by atoms with Gasteiger partial charge in [0.1, 0.15) is 5.82 Å². The first-order chi connectivity index (χ1) is 15.0. The zero-order valence-electron chi connectivity index (χ0n) is 19.1. The van der Waals surface area contributed by atoms with Crippen molar-refractivity contribution in [2.75, 3.05) is 49.3 Å². The van der Waals surface area contributed by atoms with Crippen molar-refractivity contribution < 1.29 is 4.39 Å². The SMILES string of the molecule is CCCCCCCNc1nc(Nc2cccc(F)c2)nc(N(C)C2CCN(C)CC2)n1. The Balaban J connectivity index is 1.72. The van der Waals surface area contributed by atoms with Crippen molar-refractivity contribution in [3.8, 4) is 0 Å². The Morgan fingerprint density at radius 2 is 1.81 bits per heavy atom. The van der Waals surface area contributed by atoms with E-state index in [0.29, 0.717) is 29.6 Å². The van der Waals surface area contributed by atoms with E-state index in [0.717, 1.165) is 38.9 Å². The van der Waals surface area contributed by atoms with Gasteiger partial charge in [-0.25, -0.2) is 4.39 Å². The van der Waals surface area contributed by atoms with E-state index in [2.05, 4.69) is 49.4 Å². The topological polar surface area (TPSA) is 69.2 Å². The van der Waals surface area contributed by atoms with Crippen molar-refractivity contribution in [2.24, 2.45) is 0 Å². The molecule has 1 aliphatic rings. The van der Waals surface area contributed by atoms with Gasteiger partial charge < -0.3 is 20.4 Å². The van der Waals surface area contributed by atoms with Gasteiger partial charge in [0.25, 0.3) is 0 Å². The van der Waals surface area contributed by atoms with Gasteiger partial charge in [-0.1, -0.05) is 38.7 Å². The number of hydrogen-bond acceptors (Lipinski definition) is 7. The smallest absolute Gasteiger partial charge is 0.233 e. The second-order valence-electron chi connectivity index (χ2n) is 8.40. The van der Waals surface area contributed by atoms with Crippen LogP contribution in [0, 0.1) is 5.82 Å². The summed E-state index contributed by atoms with van der Waals surface area (Å²) < 4.78 is 13.6. The van der Waals surface area contributed by atoms with Crippen LogP contribution >= 0.6 is 0 Å². The number of nitrogens with one attached hydrogen (secondary N) is 2. The number of nitrogens with zero attached hydrogens (tertiary/aromatic N) is 5. The van der Waals surface area contributed by atoms with Crippen molar-refractivity contribution in [1.82, 2.24) is 19.9 Å². The van der Waals surface area contributed by atoms with Gasteiger partial charge >= 0.3 is 0 Å². The zero-order chi connectivity index (χ0) is 22.1. The fourth-order valence-corrected chi connectivity index (χ4v) is 3.83. The number of rotatable bonds is 11. The normalized spacial score (nSPS) is 15.1. The van der Waals surface area contributed by atoms with Gasteiger partial charge in [0.15, 0.2) is 0 Å². The number of halogens is 1. The number of hydrogen-bond donors (Lipinski definition) is 2. The average Bonchev–Trinajstić information content (AvgIpc) is 2.76. The second-order valence-corrected chi connectivity index (χ2v) is 8.40. The Morgan fingerprint density at radius 1 is 1.06 bits per heavy atom. The van der Waals surface area contributed by atoms with E-state index in [1.54, 1.807) is 12.1 Å². The molecule has 7 nitrogen and oxygen atoms in total. The van der Waals surface area contributed by atoms with Gasteiger partial charge in [0, 0.05) is 25.3 Å². The predicted octanol–water partition coefficient (Wildman–Crippen LogP) is 4.67. The highest BCUT2D eigenvalue weighted by Crippen LogP contribution is 2.22. The number of piperidine rings is 1. The molecule has 1 aromatic carbocycles. The number of benzene rings is 1. The van der Waals surface area contributed by atoms with E-state index in [-0.39, 0.29) is 5.82 Å². The Hall–Kier alpha value is -2.48. The van der Waals surface area contributed by atoms with E-state index >= 15 is 0 Å². The van der Waals surface area contributed by atoms with Crippen LogP contribution < -0.4 is 15.5 Å². The highest BCUT2D eigenvalue weighted by Gasteiger charge is 2.23. The molecule has 2 heterocycles. The third-order valence-electron chi connectivity index (χ3n) is 5.82. The fourth-order valence-electron chi connectivity index (χ4n) is 3.83. The molecular formula is C23H36FN7. The highest BCUT2D eigenvalue weighted by atomic mass is 19.1. The second kappa shape index (κ2) is 11.8. The van der Waals surface area contributed by atoms with Crippen molar-refractivity contribution in [2.45, 2.75) is 57.9 Å². The third kappa shape index (κ3) is 7.31. The molecule has 2 N–H and O–H groups in total. The van der Waals surface area contributed by atoms with Crippen molar-refractivity contribution >= 4 is 23.5 Å². The minimum atomic E-state index is -0.298. The lowest BCUT2D eigenvalue weighted by Crippen LogP contribution is -2.42. The van der Waals surface area contributed by atoms with E-state index < -0.39 is 0 Å². The molecule has 1 aliphatic heterocycles. The van der Waals surface area contributed by atoms with Crippen LogP contribution in [0.5, 0.6) is 0 Å². The number of unbranched alkanes of at least 4 members (excludes halogenated alkanes) is 4. The van der Waals surface area contributed by atoms with Crippen LogP contribution in [-0.2, 0) is 0 Å². The van der Waals surface area contributed by atoms with Crippen molar-refractivity contribution in [3.63, 3.8) is 0 Å². The summed E-state index contributed by atoms with van der Waals surface area (Å²) in [6.45, 7) is 5.18. The summed E-state index contributed by atoms with van der Waals surface area (Å²) in [6.07, 6.45) is 8.20. The molecule has 1 aromatic heterocycles. The lowest BCUT2D eigenvalue weighted by molar-refractivity contribution is 0.252. The van der Waals surface area contributed by atoms with Crippen LogP contribution in [0.15, 0.2) is 24.3 Å². The molecule has 0 bridgehead atoms. The lowest BCUT2D eigenvalue weighted by Gasteiger charge is -2.35. The molecule has 170 valence electrons. The minimum absolute atomic E-state index is 0.298. The lowest BCUT2D eigenvalue weighted by atomic mass is 10.0. The van der Waals surface area contributed by atoms with Gasteiger partial charge in [0.05, 0.1) is 0 Å². The molecule has 0 amide bonds. The Bertz CT molecular complexity index is 808. The summed E-state index contributed by atoms with van der Waals surface area (Å²) in [7, 11) is 4.20. The summed E-state index contributed by atoms with van der Waals surface area (Å²) in [6, 6.07) is 6.71. The average molecular weight is 430 g/mol. The van der Waals surface area contributed by atoms with Gasteiger partial charge in [0.2, 0.25) is 17.8 Å². The number of likely N-dealkylation sites (tertiary alicyclic amines) is 1. The van der Waals surface area contributed by atoms with Crippen LogP contribution in [0.2, 0.25) is 0 Å². The first-order valence-electron chi connectivity index (χ1n) is 11.5. The van der Waals surface area contributed by atoms with Gasteiger partial charge in [-0.05, 0) is 57.6 Å². The van der Waals surface area contributed by atoms with Crippen molar-refractivity contribution in [1.29, 1.82) is 0 Å². The van der Waals surface area contributed by atoms with Gasteiger partial charge in [-0.2, -0.15) is 15.0 Å². The molecule has 0 unspecified atom stereocenters. The molecule has 31 heavy (non-hydrogen) atoms. The molecule has 1 fully saturated rings. The first-order valence-corrected chi connectivity index (χ1v) is 11.5. The van der Waals surface area contributed by atoms with E-state index in [4.69, 9.17) is 0 Å². The Kier molecular flexibility index (Phi) is 8.82. The van der Waals surface area contributed by atoms with Crippen molar-refractivity contribution in [3.05, 3.63) is 30.1 Å². The van der Waals surface area contributed by atoms with Crippen LogP contribution in [-0.4, -0.2) is 59.6 Å². The quantitative estimate of drug-likeness (QED) is 0.503. The summed E-state index contributed by atoms with van der Waals surface area (Å²) in [4.78, 5) is 18.4. The standard InChI is InChI=1S/C23H36FN7/c1-4-5-6-7-8-14-25-21-27-22(26-19-11-9-10-18(24)17-19)29-23(28-21)31(3)20-12-15-30(2)16-13-20/h9-11,17,20H,4-8,12-16H2,1-3H3,(H2,25,26,27,28,29). The molecule has 0 aliphatic carbocycles. The van der Waals surface area contributed by atoms with Gasteiger partial charge in [-0.3, -0.25) is 0 Å². The van der Waals surface area contributed by atoms with Crippen LogP contribution in [0.1, 0.15) is 51.9 Å². The summed E-state index contributed by atoms with van der Waals surface area (Å²) in [5.74, 6) is 1.31. The third-order valence-corrected chi connectivity index (χ3v) is 5.82. The maximum atomic E-state index is 13.6. The fraction of sp³-hybridized carbons (Fsp3) is 0.609. The Labute approximate surface area is 185 Å². The van der Waals surface area contributed by atoms with Crippen LogP contribution in [0.3, 0.4) is 0 Å². The molecule has 0 saturated carbocycles. The summed E-state index contributed by atoms with van der Waals surface area (Å²) in [5, 5.41) is 6.48. The first kappa shape index (κ1) is 23.2. The van der Waals surface area contributed by atoms with Crippen LogP contribution in [0.25, 0.3) is 0 Å². The van der Waals surface area contributed by atoms with Crippen LogP contribution in [0.4, 0.5) is 27.9 Å². The molecule has 1 saturated heterocycles. The minimum Gasteiger partial charge on any atom is -0.354 e. The summed E-state index contributed by atoms with van der Waals surface area (Å²) in [5.41, 5.74) is 0.615. The summed E-state index contributed by atoms with van der Waals surface area (Å²) >= 11 is 0.